The number of hydrogen-bond donors (Lipinski definition) is 0. The molecule has 0 spiro atoms. The van der Waals surface area contributed by atoms with Crippen LogP contribution in [0.1, 0.15) is 0 Å². The second-order valence-electron chi connectivity index (χ2n) is 12.9. The van der Waals surface area contributed by atoms with Crippen molar-refractivity contribution in [1.29, 1.82) is 0 Å². The zero-order valence-corrected chi connectivity index (χ0v) is 27.4. The smallest absolute Gasteiger partial charge is 0.0641 e. The third-order valence-corrected chi connectivity index (χ3v) is 10.1. The van der Waals surface area contributed by atoms with Gasteiger partial charge in [-0.25, -0.2) is 0 Å². The molecule has 2 aromatic heterocycles. The molecule has 0 aliphatic rings. The van der Waals surface area contributed by atoms with Gasteiger partial charge in [-0.15, -0.1) is 0 Å². The van der Waals surface area contributed by atoms with Gasteiger partial charge in [0.05, 0.1) is 22.1 Å². The van der Waals surface area contributed by atoms with Crippen molar-refractivity contribution < 1.29 is 0 Å². The Kier molecular flexibility index (Phi) is 6.53. The average Bonchev–Trinajstić information content (AvgIpc) is 3.72. The van der Waals surface area contributed by atoms with Gasteiger partial charge in [0.2, 0.25) is 0 Å². The highest BCUT2D eigenvalue weighted by Crippen LogP contribution is 2.43. The molecule has 0 aliphatic carbocycles. The molecule has 0 atom stereocenters. The second kappa shape index (κ2) is 11.5. The molecule has 0 unspecified atom stereocenters. The number of aromatic nitrogens is 2. The average molecular weight is 637 g/mol. The lowest BCUT2D eigenvalue weighted by Gasteiger charge is -2.14. The molecule has 0 bridgehead atoms. The Bertz CT molecular complexity index is 2860. The van der Waals surface area contributed by atoms with Crippen LogP contribution >= 0.6 is 0 Å². The van der Waals surface area contributed by atoms with Crippen molar-refractivity contribution in [2.75, 3.05) is 0 Å². The summed E-state index contributed by atoms with van der Waals surface area (Å²) in [5, 5.41) is 5.01. The molecule has 50 heavy (non-hydrogen) atoms. The van der Waals surface area contributed by atoms with Gasteiger partial charge in [0.15, 0.2) is 0 Å². The van der Waals surface area contributed by atoms with Gasteiger partial charge in [0.25, 0.3) is 0 Å². The van der Waals surface area contributed by atoms with Gasteiger partial charge in [-0.1, -0.05) is 152 Å². The van der Waals surface area contributed by atoms with Crippen LogP contribution in [-0.2, 0) is 0 Å². The molecule has 10 rings (SSSR count). The van der Waals surface area contributed by atoms with Gasteiger partial charge in [-0.3, -0.25) is 0 Å². The molecular weight excluding hydrogens is 605 g/mol. The predicted octanol–water partition coefficient (Wildman–Crippen LogP) is 12.9. The SMILES string of the molecule is c1ccc(-c2cccc(-n3c4ccccc4c4c3ccc3c5ccccc5n(-c5cccc(-c6ccccc6-c6ccccc6)c5)c34)c2)cc1. The van der Waals surface area contributed by atoms with Crippen molar-refractivity contribution in [2.24, 2.45) is 0 Å². The quantitative estimate of drug-likeness (QED) is 0.178. The highest BCUT2D eigenvalue weighted by Gasteiger charge is 2.21. The van der Waals surface area contributed by atoms with Gasteiger partial charge in [0.1, 0.15) is 0 Å². The summed E-state index contributed by atoms with van der Waals surface area (Å²) in [6, 6.07) is 70.3. The Morgan fingerprint density at radius 2 is 0.800 bits per heavy atom. The molecule has 0 aliphatic heterocycles. The normalized spacial score (nSPS) is 11.6. The summed E-state index contributed by atoms with van der Waals surface area (Å²) < 4.78 is 4.92. The Hall–Kier alpha value is -6.64. The molecule has 0 saturated carbocycles. The first-order valence-electron chi connectivity index (χ1n) is 17.2. The van der Waals surface area contributed by atoms with E-state index >= 15 is 0 Å². The van der Waals surface area contributed by atoms with Crippen molar-refractivity contribution in [1.82, 2.24) is 9.13 Å². The van der Waals surface area contributed by atoms with Gasteiger partial charge >= 0.3 is 0 Å². The van der Waals surface area contributed by atoms with Crippen molar-refractivity contribution in [3.63, 3.8) is 0 Å². The number of para-hydroxylation sites is 2. The molecule has 2 nitrogen and oxygen atoms in total. The van der Waals surface area contributed by atoms with Crippen LogP contribution in [0.15, 0.2) is 194 Å². The highest BCUT2D eigenvalue weighted by molar-refractivity contribution is 6.26. The van der Waals surface area contributed by atoms with Crippen LogP contribution in [0.5, 0.6) is 0 Å². The maximum Gasteiger partial charge on any atom is 0.0641 e. The Balaban J connectivity index is 1.26. The topological polar surface area (TPSA) is 9.86 Å². The minimum Gasteiger partial charge on any atom is -0.309 e. The molecule has 0 amide bonds. The van der Waals surface area contributed by atoms with Crippen LogP contribution in [-0.4, -0.2) is 9.13 Å². The van der Waals surface area contributed by atoms with Crippen molar-refractivity contribution in [3.8, 4) is 44.8 Å². The number of fused-ring (bicyclic) bond motifs is 7. The maximum atomic E-state index is 2.48. The minimum atomic E-state index is 1.15. The zero-order chi connectivity index (χ0) is 33.0. The Morgan fingerprint density at radius 3 is 1.54 bits per heavy atom. The lowest BCUT2D eigenvalue weighted by Crippen LogP contribution is -1.96. The summed E-state index contributed by atoms with van der Waals surface area (Å²) in [7, 11) is 0. The Morgan fingerprint density at radius 1 is 0.280 bits per heavy atom. The first-order valence-corrected chi connectivity index (χ1v) is 17.2. The fourth-order valence-electron chi connectivity index (χ4n) is 7.93. The fourth-order valence-corrected chi connectivity index (χ4v) is 7.93. The van der Waals surface area contributed by atoms with E-state index < -0.39 is 0 Å². The van der Waals surface area contributed by atoms with E-state index in [1.165, 1.54) is 77.0 Å². The van der Waals surface area contributed by atoms with Crippen LogP contribution < -0.4 is 0 Å². The summed E-state index contributed by atoms with van der Waals surface area (Å²) in [4.78, 5) is 0. The van der Waals surface area contributed by atoms with Crippen LogP contribution in [0.4, 0.5) is 0 Å². The van der Waals surface area contributed by atoms with Gasteiger partial charge in [-0.2, -0.15) is 0 Å². The maximum absolute atomic E-state index is 2.48. The zero-order valence-electron chi connectivity index (χ0n) is 27.4. The van der Waals surface area contributed by atoms with Crippen LogP contribution in [0.3, 0.4) is 0 Å². The lowest BCUT2D eigenvalue weighted by atomic mass is 9.94. The third-order valence-electron chi connectivity index (χ3n) is 10.1. The van der Waals surface area contributed by atoms with E-state index in [4.69, 9.17) is 0 Å². The van der Waals surface area contributed by atoms with E-state index in [9.17, 15) is 0 Å². The van der Waals surface area contributed by atoms with E-state index in [1.807, 2.05) is 0 Å². The van der Waals surface area contributed by atoms with Gasteiger partial charge in [0, 0.05) is 32.9 Å². The molecule has 0 N–H and O–H groups in total. The van der Waals surface area contributed by atoms with E-state index in [0.29, 0.717) is 0 Å². The molecule has 0 fully saturated rings. The molecule has 0 saturated heterocycles. The minimum absolute atomic E-state index is 1.15. The standard InChI is InChI=1S/C48H32N2/c1-3-15-33(16-4-1)35-19-13-21-37(31-35)49-45-28-12-10-26-43(45)47-46(49)30-29-42-41-25-9-11-27-44(41)50(48(42)47)38-22-14-20-36(32-38)40-24-8-7-23-39(40)34-17-5-2-6-18-34/h1-32H. The van der Waals surface area contributed by atoms with E-state index in [-0.39, 0.29) is 0 Å². The van der Waals surface area contributed by atoms with Gasteiger partial charge in [-0.05, 0) is 75.8 Å². The van der Waals surface area contributed by atoms with Crippen LogP contribution in [0, 0.1) is 0 Å². The summed E-state index contributed by atoms with van der Waals surface area (Å²) in [6.07, 6.45) is 0. The molecular formula is C48H32N2. The van der Waals surface area contributed by atoms with Crippen molar-refractivity contribution in [3.05, 3.63) is 194 Å². The molecule has 8 aromatic carbocycles. The highest BCUT2D eigenvalue weighted by atomic mass is 15.0. The second-order valence-corrected chi connectivity index (χ2v) is 12.9. The Labute approximate surface area is 290 Å². The summed E-state index contributed by atoms with van der Waals surface area (Å²) in [6.45, 7) is 0. The molecule has 0 radical (unpaired) electrons. The summed E-state index contributed by atoms with van der Waals surface area (Å²) in [5.41, 5.74) is 14.4. The fraction of sp³-hybridized carbons (Fsp3) is 0. The predicted molar refractivity (Wildman–Crippen MR) is 211 cm³/mol. The van der Waals surface area contributed by atoms with E-state index in [1.54, 1.807) is 0 Å². The summed E-state index contributed by atoms with van der Waals surface area (Å²) in [5.74, 6) is 0. The number of benzene rings is 8. The largest absolute Gasteiger partial charge is 0.309 e. The third kappa shape index (κ3) is 4.43. The monoisotopic (exact) mass is 636 g/mol. The number of hydrogen-bond acceptors (Lipinski definition) is 0. The summed E-state index contributed by atoms with van der Waals surface area (Å²) >= 11 is 0. The van der Waals surface area contributed by atoms with Crippen LogP contribution in [0.2, 0.25) is 0 Å². The first kappa shape index (κ1) is 28.4. The van der Waals surface area contributed by atoms with Crippen molar-refractivity contribution >= 4 is 43.6 Å². The molecule has 234 valence electrons. The molecule has 2 heterocycles. The molecule has 10 aromatic rings. The number of rotatable bonds is 5. The molecule has 2 heteroatoms. The lowest BCUT2D eigenvalue weighted by molar-refractivity contribution is 1.17. The van der Waals surface area contributed by atoms with E-state index in [0.717, 1.165) is 11.4 Å². The van der Waals surface area contributed by atoms with Crippen LogP contribution in [0.25, 0.3) is 88.4 Å². The van der Waals surface area contributed by atoms with Crippen molar-refractivity contribution in [2.45, 2.75) is 0 Å². The van der Waals surface area contributed by atoms with Gasteiger partial charge < -0.3 is 9.13 Å². The van der Waals surface area contributed by atoms with E-state index in [2.05, 4.69) is 203 Å². The first-order chi connectivity index (χ1) is 24.8. The number of nitrogens with zero attached hydrogens (tertiary/aromatic N) is 2.